The van der Waals surface area contributed by atoms with Crippen LogP contribution in [-0.4, -0.2) is 29.7 Å². The normalized spacial score (nSPS) is 9.40. The molecule has 0 spiro atoms. The number of carbonyl (C=O) groups is 1. The molecule has 0 heterocycles. The Morgan fingerprint density at radius 1 is 1.60 bits per heavy atom. The molecule has 3 nitrogen and oxygen atoms in total. The third kappa shape index (κ3) is 3.07. The Morgan fingerprint density at radius 2 is 2.33 bits per heavy atom. The lowest BCUT2D eigenvalue weighted by Gasteiger charge is -2.15. The molecule has 0 unspecified atom stereocenters. The van der Waals surface area contributed by atoms with Gasteiger partial charge in [0.25, 0.3) is 5.91 Å². The first-order valence-corrected chi connectivity index (χ1v) is 5.62. The van der Waals surface area contributed by atoms with Gasteiger partial charge in [0.15, 0.2) is 0 Å². The first-order valence-electron chi connectivity index (χ1n) is 4.50. The predicted molar refractivity (Wildman–Crippen MR) is 61.9 cm³/mol. The Labute approximate surface area is 97.4 Å². The summed E-state index contributed by atoms with van der Waals surface area (Å²) in [6, 6.07) is 8.73. The van der Waals surface area contributed by atoms with Crippen LogP contribution in [0.4, 0.5) is 0 Å². The van der Waals surface area contributed by atoms with Crippen LogP contribution in [-0.2, 0) is 0 Å². The molecule has 0 saturated carbocycles. The summed E-state index contributed by atoms with van der Waals surface area (Å²) < 4.78 is 0. The van der Waals surface area contributed by atoms with Gasteiger partial charge in [-0.25, -0.2) is 0 Å². The number of alkyl halides is 1. The third-order valence-corrected chi connectivity index (χ3v) is 2.36. The Kier molecular flexibility index (Phi) is 4.32. The maximum Gasteiger partial charge on any atom is 0.253 e. The first-order chi connectivity index (χ1) is 7.19. The summed E-state index contributed by atoms with van der Waals surface area (Å²) in [6.45, 7) is 0.648. The van der Waals surface area contributed by atoms with E-state index in [9.17, 15) is 4.79 Å². The summed E-state index contributed by atoms with van der Waals surface area (Å²) in [5.41, 5.74) is 1.06. The average molecular weight is 267 g/mol. The minimum atomic E-state index is -0.0634. The second-order valence-electron chi connectivity index (χ2n) is 3.11. The summed E-state index contributed by atoms with van der Waals surface area (Å²) >= 11 is 3.27. The summed E-state index contributed by atoms with van der Waals surface area (Å²) in [6.07, 6.45) is 0. The van der Waals surface area contributed by atoms with Gasteiger partial charge in [-0.2, -0.15) is 5.26 Å². The van der Waals surface area contributed by atoms with Crippen LogP contribution in [0.25, 0.3) is 0 Å². The topological polar surface area (TPSA) is 44.1 Å². The van der Waals surface area contributed by atoms with Gasteiger partial charge in [-0.1, -0.05) is 22.0 Å². The highest BCUT2D eigenvalue weighted by Gasteiger charge is 2.10. The highest BCUT2D eigenvalue weighted by Crippen LogP contribution is 2.07. The molecule has 4 heteroatoms. The van der Waals surface area contributed by atoms with Gasteiger partial charge in [0.05, 0.1) is 11.6 Å². The highest BCUT2D eigenvalue weighted by atomic mass is 79.9. The molecule has 0 aliphatic heterocycles. The van der Waals surface area contributed by atoms with Gasteiger partial charge in [-0.05, 0) is 18.2 Å². The number of hydrogen-bond donors (Lipinski definition) is 0. The van der Waals surface area contributed by atoms with E-state index in [0.717, 1.165) is 5.33 Å². The lowest BCUT2D eigenvalue weighted by Crippen LogP contribution is -2.28. The summed E-state index contributed by atoms with van der Waals surface area (Å²) in [5, 5.41) is 9.45. The molecule has 0 radical (unpaired) electrons. The fourth-order valence-corrected chi connectivity index (χ4v) is 1.70. The van der Waals surface area contributed by atoms with E-state index in [-0.39, 0.29) is 5.91 Å². The highest BCUT2D eigenvalue weighted by molar-refractivity contribution is 9.09. The molecule has 15 heavy (non-hydrogen) atoms. The molecular formula is C11H11BrN2O. The van der Waals surface area contributed by atoms with E-state index in [1.807, 2.05) is 6.07 Å². The molecule has 1 rings (SSSR count). The van der Waals surface area contributed by atoms with Crippen molar-refractivity contribution < 1.29 is 4.79 Å². The van der Waals surface area contributed by atoms with Crippen molar-refractivity contribution in [3.8, 4) is 6.07 Å². The molecule has 1 aromatic rings. The van der Waals surface area contributed by atoms with E-state index in [4.69, 9.17) is 5.26 Å². The van der Waals surface area contributed by atoms with Gasteiger partial charge < -0.3 is 4.90 Å². The summed E-state index contributed by atoms with van der Waals surface area (Å²) in [5.74, 6) is -0.0634. The standard InChI is InChI=1S/C11H11BrN2O/c1-14(6-5-12)11(15)10-4-2-3-9(7-10)8-13/h2-4,7H,5-6H2,1H3. The van der Waals surface area contributed by atoms with Crippen molar-refractivity contribution in [1.29, 1.82) is 5.26 Å². The first kappa shape index (κ1) is 11.7. The number of nitriles is 1. The average Bonchev–Trinajstić information content (AvgIpc) is 2.28. The zero-order chi connectivity index (χ0) is 11.3. The lowest BCUT2D eigenvalue weighted by molar-refractivity contribution is 0.0804. The minimum Gasteiger partial charge on any atom is -0.341 e. The Morgan fingerprint density at radius 3 is 2.93 bits per heavy atom. The van der Waals surface area contributed by atoms with E-state index in [1.54, 1.807) is 36.2 Å². The van der Waals surface area contributed by atoms with Gasteiger partial charge in [0.1, 0.15) is 0 Å². The van der Waals surface area contributed by atoms with E-state index in [2.05, 4.69) is 15.9 Å². The summed E-state index contributed by atoms with van der Waals surface area (Å²) in [7, 11) is 1.74. The maximum atomic E-state index is 11.8. The van der Waals surface area contributed by atoms with Crippen molar-refractivity contribution >= 4 is 21.8 Å². The summed E-state index contributed by atoms with van der Waals surface area (Å²) in [4.78, 5) is 13.4. The molecule has 0 fully saturated rings. The van der Waals surface area contributed by atoms with E-state index in [1.165, 1.54) is 0 Å². The smallest absolute Gasteiger partial charge is 0.253 e. The zero-order valence-corrected chi connectivity index (χ0v) is 9.99. The van der Waals surface area contributed by atoms with Gasteiger partial charge in [-0.3, -0.25) is 4.79 Å². The molecule has 0 saturated heterocycles. The fraction of sp³-hybridized carbons (Fsp3) is 0.273. The minimum absolute atomic E-state index is 0.0634. The number of hydrogen-bond acceptors (Lipinski definition) is 2. The molecule has 0 aromatic heterocycles. The van der Waals surface area contributed by atoms with Crippen LogP contribution in [0, 0.1) is 11.3 Å². The quantitative estimate of drug-likeness (QED) is 0.786. The Balaban J connectivity index is 2.87. The number of amides is 1. The second kappa shape index (κ2) is 5.52. The van der Waals surface area contributed by atoms with Crippen molar-refractivity contribution in [2.24, 2.45) is 0 Å². The van der Waals surface area contributed by atoms with Gasteiger partial charge in [-0.15, -0.1) is 0 Å². The van der Waals surface area contributed by atoms with E-state index >= 15 is 0 Å². The van der Waals surface area contributed by atoms with Crippen LogP contribution in [0.5, 0.6) is 0 Å². The van der Waals surface area contributed by atoms with Crippen molar-refractivity contribution in [1.82, 2.24) is 4.90 Å². The molecule has 78 valence electrons. The lowest BCUT2D eigenvalue weighted by atomic mass is 10.1. The van der Waals surface area contributed by atoms with Crippen LogP contribution < -0.4 is 0 Å². The molecule has 0 bridgehead atoms. The predicted octanol–water partition coefficient (Wildman–Crippen LogP) is 2.03. The maximum absolute atomic E-state index is 11.8. The number of nitrogens with zero attached hydrogens (tertiary/aromatic N) is 2. The molecule has 1 aromatic carbocycles. The Hall–Kier alpha value is -1.34. The van der Waals surface area contributed by atoms with E-state index in [0.29, 0.717) is 17.7 Å². The molecule has 0 N–H and O–H groups in total. The molecular weight excluding hydrogens is 256 g/mol. The van der Waals surface area contributed by atoms with Crippen LogP contribution in [0.2, 0.25) is 0 Å². The van der Waals surface area contributed by atoms with Crippen molar-refractivity contribution in [2.45, 2.75) is 0 Å². The van der Waals surface area contributed by atoms with E-state index < -0.39 is 0 Å². The largest absolute Gasteiger partial charge is 0.341 e. The van der Waals surface area contributed by atoms with Crippen molar-refractivity contribution in [3.63, 3.8) is 0 Å². The van der Waals surface area contributed by atoms with Gasteiger partial charge in [0, 0.05) is 24.5 Å². The zero-order valence-electron chi connectivity index (χ0n) is 8.40. The number of halogens is 1. The monoisotopic (exact) mass is 266 g/mol. The molecule has 1 amide bonds. The van der Waals surface area contributed by atoms with Crippen LogP contribution in [0.15, 0.2) is 24.3 Å². The Bertz CT molecular complexity index is 398. The van der Waals surface area contributed by atoms with Crippen molar-refractivity contribution in [2.75, 3.05) is 18.9 Å². The number of rotatable bonds is 3. The SMILES string of the molecule is CN(CCBr)C(=O)c1cccc(C#N)c1. The van der Waals surface area contributed by atoms with Crippen LogP contribution >= 0.6 is 15.9 Å². The van der Waals surface area contributed by atoms with Gasteiger partial charge in [0.2, 0.25) is 0 Å². The third-order valence-electron chi connectivity index (χ3n) is 2.01. The molecule has 0 aliphatic rings. The number of carbonyl (C=O) groups excluding carboxylic acids is 1. The number of benzene rings is 1. The fourth-order valence-electron chi connectivity index (χ4n) is 1.17. The van der Waals surface area contributed by atoms with Crippen LogP contribution in [0.3, 0.4) is 0 Å². The second-order valence-corrected chi connectivity index (χ2v) is 3.90. The van der Waals surface area contributed by atoms with Gasteiger partial charge >= 0.3 is 0 Å². The van der Waals surface area contributed by atoms with Crippen LogP contribution in [0.1, 0.15) is 15.9 Å². The molecule has 0 aliphatic carbocycles. The van der Waals surface area contributed by atoms with Crippen molar-refractivity contribution in [3.05, 3.63) is 35.4 Å². The molecule has 0 atom stereocenters.